The normalized spacial score (nSPS) is 10.4. The summed E-state index contributed by atoms with van der Waals surface area (Å²) in [5.41, 5.74) is 7.15. The molecule has 0 saturated carbocycles. The zero-order valence-corrected chi connectivity index (χ0v) is 8.89. The fraction of sp³-hybridized carbons (Fsp3) is 0.222. The zero-order chi connectivity index (χ0) is 11.7. The van der Waals surface area contributed by atoms with Gasteiger partial charge >= 0.3 is 5.97 Å². The highest BCUT2D eigenvalue weighted by molar-refractivity contribution is 5.88. The number of aromatic amines is 1. The van der Waals surface area contributed by atoms with Crippen LogP contribution in [-0.2, 0) is 11.8 Å². The number of carbonyl (C=O) groups excluding carboxylic acids is 1. The number of aromatic nitrogens is 4. The molecule has 0 bridgehead atoms. The van der Waals surface area contributed by atoms with Gasteiger partial charge in [-0.25, -0.2) is 4.79 Å². The number of ether oxygens (including phenoxy) is 1. The van der Waals surface area contributed by atoms with Crippen LogP contribution in [0.1, 0.15) is 10.5 Å². The minimum Gasteiger partial charge on any atom is -0.464 e. The molecule has 0 aliphatic rings. The Morgan fingerprint density at radius 2 is 2.31 bits per heavy atom. The van der Waals surface area contributed by atoms with Crippen molar-refractivity contribution in [1.82, 2.24) is 20.0 Å². The summed E-state index contributed by atoms with van der Waals surface area (Å²) in [6.07, 6.45) is 0. The lowest BCUT2D eigenvalue weighted by Gasteiger charge is -1.95. The van der Waals surface area contributed by atoms with E-state index in [1.54, 1.807) is 23.9 Å². The second-order valence-electron chi connectivity index (χ2n) is 3.24. The minimum absolute atomic E-state index is 0.244. The van der Waals surface area contributed by atoms with Crippen molar-refractivity contribution in [2.24, 2.45) is 7.05 Å². The second kappa shape index (κ2) is 3.69. The van der Waals surface area contributed by atoms with E-state index in [-0.39, 0.29) is 5.69 Å². The predicted molar refractivity (Wildman–Crippen MR) is 56.5 cm³/mol. The van der Waals surface area contributed by atoms with Crippen molar-refractivity contribution in [2.45, 2.75) is 0 Å². The van der Waals surface area contributed by atoms with Crippen LogP contribution < -0.4 is 5.73 Å². The van der Waals surface area contributed by atoms with Gasteiger partial charge in [-0.05, 0) is 0 Å². The van der Waals surface area contributed by atoms with Crippen molar-refractivity contribution < 1.29 is 9.53 Å². The predicted octanol–water partition coefficient (Wildman–Crippen LogP) is 0.179. The van der Waals surface area contributed by atoms with E-state index in [0.29, 0.717) is 17.2 Å². The van der Waals surface area contributed by atoms with Crippen molar-refractivity contribution in [3.8, 4) is 11.4 Å². The third-order valence-electron chi connectivity index (χ3n) is 2.15. The molecule has 16 heavy (non-hydrogen) atoms. The van der Waals surface area contributed by atoms with Gasteiger partial charge in [0.05, 0.1) is 18.5 Å². The van der Waals surface area contributed by atoms with Crippen molar-refractivity contribution in [1.29, 1.82) is 0 Å². The Bertz CT molecular complexity index is 528. The summed E-state index contributed by atoms with van der Waals surface area (Å²) < 4.78 is 6.14. The zero-order valence-electron chi connectivity index (χ0n) is 8.89. The number of H-pyrrole nitrogens is 1. The molecule has 7 nitrogen and oxygen atoms in total. The van der Waals surface area contributed by atoms with Gasteiger partial charge < -0.3 is 10.5 Å². The van der Waals surface area contributed by atoms with Gasteiger partial charge in [-0.1, -0.05) is 0 Å². The van der Waals surface area contributed by atoms with Gasteiger partial charge in [-0.15, -0.1) is 0 Å². The molecule has 0 spiro atoms. The van der Waals surface area contributed by atoms with Gasteiger partial charge in [0.25, 0.3) is 0 Å². The number of hydrogen-bond acceptors (Lipinski definition) is 5. The smallest absolute Gasteiger partial charge is 0.358 e. The molecule has 3 N–H and O–H groups in total. The minimum atomic E-state index is -0.477. The number of nitrogens with two attached hydrogens (primary N) is 1. The van der Waals surface area contributed by atoms with Crippen LogP contribution in [0.3, 0.4) is 0 Å². The Kier molecular flexibility index (Phi) is 2.35. The molecule has 7 heteroatoms. The average Bonchev–Trinajstić information content (AvgIpc) is 2.83. The molecule has 2 aromatic heterocycles. The number of nitrogens with zero attached hydrogens (tertiary/aromatic N) is 3. The molecule has 0 unspecified atom stereocenters. The van der Waals surface area contributed by atoms with Crippen LogP contribution in [0.25, 0.3) is 11.4 Å². The van der Waals surface area contributed by atoms with E-state index in [4.69, 9.17) is 5.73 Å². The number of aryl methyl sites for hydroxylation is 1. The maximum absolute atomic E-state index is 11.3. The van der Waals surface area contributed by atoms with Gasteiger partial charge in [-0.3, -0.25) is 9.78 Å². The highest BCUT2D eigenvalue weighted by Crippen LogP contribution is 2.19. The first-order chi connectivity index (χ1) is 7.61. The van der Waals surface area contributed by atoms with Crippen molar-refractivity contribution in [2.75, 3.05) is 12.8 Å². The lowest BCUT2D eigenvalue weighted by atomic mass is 10.3. The van der Waals surface area contributed by atoms with Crippen LogP contribution in [0, 0.1) is 0 Å². The Hall–Kier alpha value is -2.31. The second-order valence-corrected chi connectivity index (χ2v) is 3.24. The lowest BCUT2D eigenvalue weighted by molar-refractivity contribution is 0.0593. The molecule has 2 aromatic rings. The quantitative estimate of drug-likeness (QED) is 0.705. The fourth-order valence-corrected chi connectivity index (χ4v) is 1.39. The number of nitrogens with one attached hydrogen (secondary N) is 1. The van der Waals surface area contributed by atoms with Crippen LogP contribution in [0.2, 0.25) is 0 Å². The summed E-state index contributed by atoms with van der Waals surface area (Å²) >= 11 is 0. The van der Waals surface area contributed by atoms with E-state index in [0.717, 1.165) is 0 Å². The molecule has 0 saturated heterocycles. The third-order valence-corrected chi connectivity index (χ3v) is 2.15. The molecule has 2 rings (SSSR count). The molecule has 0 amide bonds. The summed E-state index contributed by atoms with van der Waals surface area (Å²) in [7, 11) is 3.03. The van der Waals surface area contributed by atoms with Crippen LogP contribution >= 0.6 is 0 Å². The first-order valence-electron chi connectivity index (χ1n) is 4.55. The number of carbonyl (C=O) groups is 1. The van der Waals surface area contributed by atoms with Gasteiger partial charge in [0.1, 0.15) is 5.82 Å². The first kappa shape index (κ1) is 10.2. The Labute approximate surface area is 91.2 Å². The van der Waals surface area contributed by atoms with Crippen molar-refractivity contribution >= 4 is 11.8 Å². The molecular formula is C9H11N5O2. The van der Waals surface area contributed by atoms with Crippen LogP contribution in [-0.4, -0.2) is 33.1 Å². The SMILES string of the molecule is COC(=O)c1cc(-c2cc(N)n[nH]2)n(C)n1. The molecule has 0 aliphatic heterocycles. The van der Waals surface area contributed by atoms with E-state index in [1.165, 1.54) is 7.11 Å². The van der Waals surface area contributed by atoms with E-state index >= 15 is 0 Å². The third kappa shape index (κ3) is 1.62. The first-order valence-corrected chi connectivity index (χ1v) is 4.55. The van der Waals surface area contributed by atoms with Crippen LogP contribution in [0.4, 0.5) is 5.82 Å². The summed E-state index contributed by atoms with van der Waals surface area (Å²) in [5.74, 6) is -0.0924. The highest BCUT2D eigenvalue weighted by atomic mass is 16.5. The van der Waals surface area contributed by atoms with E-state index < -0.39 is 5.97 Å². The number of hydrogen-bond donors (Lipinski definition) is 2. The average molecular weight is 221 g/mol. The molecule has 0 aromatic carbocycles. The Morgan fingerprint density at radius 3 is 2.88 bits per heavy atom. The monoisotopic (exact) mass is 221 g/mol. The molecule has 0 fully saturated rings. The number of nitrogen functional groups attached to an aromatic ring is 1. The summed E-state index contributed by atoms with van der Waals surface area (Å²) in [4.78, 5) is 11.3. The fourth-order valence-electron chi connectivity index (χ4n) is 1.39. The lowest BCUT2D eigenvalue weighted by Crippen LogP contribution is -2.02. The van der Waals surface area contributed by atoms with Crippen molar-refractivity contribution in [3.05, 3.63) is 17.8 Å². The number of rotatable bonds is 2. The Balaban J connectivity index is 2.43. The number of esters is 1. The van der Waals surface area contributed by atoms with E-state index in [9.17, 15) is 4.79 Å². The van der Waals surface area contributed by atoms with E-state index in [2.05, 4.69) is 20.0 Å². The van der Waals surface area contributed by atoms with Gasteiger partial charge in [0.2, 0.25) is 0 Å². The summed E-state index contributed by atoms with van der Waals surface area (Å²) in [6.45, 7) is 0. The van der Waals surface area contributed by atoms with Gasteiger partial charge in [-0.2, -0.15) is 10.2 Å². The molecule has 84 valence electrons. The largest absolute Gasteiger partial charge is 0.464 e. The topological polar surface area (TPSA) is 98.8 Å². The van der Waals surface area contributed by atoms with Crippen molar-refractivity contribution in [3.63, 3.8) is 0 Å². The molecular weight excluding hydrogens is 210 g/mol. The van der Waals surface area contributed by atoms with Crippen LogP contribution in [0.5, 0.6) is 0 Å². The summed E-state index contributed by atoms with van der Waals surface area (Å²) in [5, 5.41) is 10.6. The maximum Gasteiger partial charge on any atom is 0.358 e. The molecule has 2 heterocycles. The van der Waals surface area contributed by atoms with Gasteiger partial charge in [0, 0.05) is 19.2 Å². The van der Waals surface area contributed by atoms with Crippen LogP contribution in [0.15, 0.2) is 12.1 Å². The Morgan fingerprint density at radius 1 is 1.56 bits per heavy atom. The standard InChI is InChI=1S/C9H11N5O2/c1-14-7(5-4-8(10)12-11-5)3-6(13-14)9(15)16-2/h3-4H,1-2H3,(H3,10,11,12). The van der Waals surface area contributed by atoms with E-state index in [1.807, 2.05) is 0 Å². The molecule has 0 atom stereocenters. The highest BCUT2D eigenvalue weighted by Gasteiger charge is 2.15. The maximum atomic E-state index is 11.3. The van der Waals surface area contributed by atoms with Gasteiger partial charge in [0.15, 0.2) is 5.69 Å². The molecule has 0 radical (unpaired) electrons. The summed E-state index contributed by atoms with van der Waals surface area (Å²) in [6, 6.07) is 3.27. The molecule has 0 aliphatic carbocycles. The number of methoxy groups -OCH3 is 1. The number of anilines is 1.